The van der Waals surface area contributed by atoms with Crippen LogP contribution in [0.4, 0.5) is 5.13 Å². The molecule has 0 aliphatic rings. The average molecular weight is 386 g/mol. The third-order valence-electron chi connectivity index (χ3n) is 2.79. The predicted octanol–water partition coefficient (Wildman–Crippen LogP) is 2.65. The summed E-state index contributed by atoms with van der Waals surface area (Å²) in [5.41, 5.74) is 1.00. The second kappa shape index (κ2) is 8.11. The van der Waals surface area contributed by atoms with Crippen molar-refractivity contribution in [1.82, 2.24) is 10.3 Å². The maximum atomic E-state index is 11.8. The Labute approximate surface area is 141 Å². The summed E-state index contributed by atoms with van der Waals surface area (Å²) in [6.45, 7) is 0.751. The van der Waals surface area contributed by atoms with Crippen LogP contribution in [-0.4, -0.2) is 31.7 Å². The zero-order valence-electron chi connectivity index (χ0n) is 12.2. The Hall–Kier alpha value is -1.64. The van der Waals surface area contributed by atoms with E-state index in [1.54, 1.807) is 20.4 Å². The second-order valence-corrected chi connectivity index (χ2v) is 6.72. The van der Waals surface area contributed by atoms with Gasteiger partial charge in [-0.3, -0.25) is 4.79 Å². The Morgan fingerprint density at radius 1 is 1.32 bits per heavy atom. The summed E-state index contributed by atoms with van der Waals surface area (Å²) >= 11 is 4.67. The van der Waals surface area contributed by atoms with Gasteiger partial charge < -0.3 is 20.1 Å². The van der Waals surface area contributed by atoms with Gasteiger partial charge in [0.05, 0.1) is 30.7 Å². The van der Waals surface area contributed by atoms with Gasteiger partial charge in [0.25, 0.3) is 0 Å². The zero-order valence-corrected chi connectivity index (χ0v) is 14.6. The van der Waals surface area contributed by atoms with Crippen LogP contribution in [0.1, 0.15) is 5.56 Å². The minimum absolute atomic E-state index is 0.137. The molecule has 8 heteroatoms. The van der Waals surface area contributed by atoms with Crippen LogP contribution in [0.2, 0.25) is 0 Å². The van der Waals surface area contributed by atoms with E-state index >= 15 is 0 Å². The molecule has 0 saturated heterocycles. The molecule has 0 unspecified atom stereocenters. The molecule has 1 amide bonds. The van der Waals surface area contributed by atoms with E-state index in [9.17, 15) is 4.79 Å². The molecular formula is C14H16BrN3O3S. The number of nitrogens with one attached hydrogen (secondary N) is 2. The summed E-state index contributed by atoms with van der Waals surface area (Å²) in [6, 6.07) is 5.63. The number of carbonyl (C=O) groups excluding carboxylic acids is 1. The number of anilines is 1. The van der Waals surface area contributed by atoms with Crippen molar-refractivity contribution in [1.29, 1.82) is 0 Å². The largest absolute Gasteiger partial charge is 0.493 e. The van der Waals surface area contributed by atoms with Gasteiger partial charge in [0.2, 0.25) is 5.91 Å². The smallest absolute Gasteiger partial charge is 0.240 e. The molecule has 0 aliphatic heterocycles. The van der Waals surface area contributed by atoms with Crippen LogP contribution in [0.5, 0.6) is 11.5 Å². The first-order valence-corrected chi connectivity index (χ1v) is 8.06. The van der Waals surface area contributed by atoms with Crippen LogP contribution in [-0.2, 0) is 11.3 Å². The first kappa shape index (κ1) is 16.7. The number of halogens is 1. The summed E-state index contributed by atoms with van der Waals surface area (Å²) in [5.74, 6) is 1.21. The van der Waals surface area contributed by atoms with Gasteiger partial charge in [-0.05, 0) is 33.6 Å². The first-order valence-electron chi connectivity index (χ1n) is 6.45. The van der Waals surface area contributed by atoms with Crippen LogP contribution in [0.3, 0.4) is 0 Å². The Morgan fingerprint density at radius 3 is 2.73 bits per heavy atom. The molecule has 0 fully saturated rings. The van der Waals surface area contributed by atoms with Gasteiger partial charge in [0, 0.05) is 6.54 Å². The molecule has 0 bridgehead atoms. The lowest BCUT2D eigenvalue weighted by Gasteiger charge is -2.10. The van der Waals surface area contributed by atoms with Crippen molar-refractivity contribution in [2.24, 2.45) is 0 Å². The Morgan fingerprint density at radius 2 is 2.09 bits per heavy atom. The molecule has 0 saturated carbocycles. The zero-order chi connectivity index (χ0) is 15.9. The normalized spacial score (nSPS) is 10.3. The highest BCUT2D eigenvalue weighted by Gasteiger charge is 2.07. The van der Waals surface area contributed by atoms with Crippen molar-refractivity contribution in [2.75, 3.05) is 26.1 Å². The molecule has 2 N–H and O–H groups in total. The third-order valence-corrected chi connectivity index (χ3v) is 4.18. The van der Waals surface area contributed by atoms with E-state index in [2.05, 4.69) is 31.5 Å². The van der Waals surface area contributed by atoms with E-state index in [4.69, 9.17) is 9.47 Å². The number of aromatic nitrogens is 1. The van der Waals surface area contributed by atoms with Crippen molar-refractivity contribution < 1.29 is 14.3 Å². The Balaban J connectivity index is 1.82. The number of rotatable bonds is 7. The molecule has 0 atom stereocenters. The van der Waals surface area contributed by atoms with Crippen LogP contribution in [0.25, 0.3) is 0 Å². The van der Waals surface area contributed by atoms with Crippen LogP contribution < -0.4 is 20.1 Å². The highest BCUT2D eigenvalue weighted by Crippen LogP contribution is 2.27. The summed E-state index contributed by atoms with van der Waals surface area (Å²) in [4.78, 5) is 15.8. The molecule has 2 rings (SSSR count). The fourth-order valence-corrected chi connectivity index (χ4v) is 2.91. The lowest BCUT2D eigenvalue weighted by atomic mass is 10.2. The van der Waals surface area contributed by atoms with E-state index in [0.29, 0.717) is 23.2 Å². The van der Waals surface area contributed by atoms with E-state index in [1.165, 1.54) is 11.3 Å². The standard InChI is InChI=1S/C14H16BrN3O3S/c1-20-10-4-3-9(5-11(10)21-2)6-16-8-13(19)18-14-17-7-12(15)22-14/h3-5,7,16H,6,8H2,1-2H3,(H,17,18,19). The minimum Gasteiger partial charge on any atom is -0.493 e. The first-order chi connectivity index (χ1) is 10.6. The number of nitrogens with zero attached hydrogens (tertiary/aromatic N) is 1. The van der Waals surface area contributed by atoms with Crippen molar-refractivity contribution in [2.45, 2.75) is 6.54 Å². The fraction of sp³-hybridized carbons (Fsp3) is 0.286. The molecule has 6 nitrogen and oxygen atoms in total. The van der Waals surface area contributed by atoms with Gasteiger partial charge in [-0.2, -0.15) is 0 Å². The number of hydrogen-bond acceptors (Lipinski definition) is 6. The number of thiazole rings is 1. The van der Waals surface area contributed by atoms with Gasteiger partial charge in [0.15, 0.2) is 16.6 Å². The lowest BCUT2D eigenvalue weighted by Crippen LogP contribution is -2.27. The quantitative estimate of drug-likeness (QED) is 0.766. The minimum atomic E-state index is -0.137. The molecule has 22 heavy (non-hydrogen) atoms. The molecule has 0 radical (unpaired) electrons. The summed E-state index contributed by atoms with van der Waals surface area (Å²) in [7, 11) is 3.19. The number of benzene rings is 1. The summed E-state index contributed by atoms with van der Waals surface area (Å²) in [6.07, 6.45) is 1.65. The summed E-state index contributed by atoms with van der Waals surface area (Å²) in [5, 5.41) is 6.37. The van der Waals surface area contributed by atoms with Crippen LogP contribution in [0.15, 0.2) is 28.2 Å². The maximum Gasteiger partial charge on any atom is 0.240 e. The SMILES string of the molecule is COc1ccc(CNCC(=O)Nc2ncc(Br)s2)cc1OC. The van der Waals surface area contributed by atoms with Gasteiger partial charge in [-0.15, -0.1) is 0 Å². The number of ether oxygens (including phenoxy) is 2. The van der Waals surface area contributed by atoms with Gasteiger partial charge in [-0.1, -0.05) is 17.4 Å². The van der Waals surface area contributed by atoms with Gasteiger partial charge >= 0.3 is 0 Å². The highest BCUT2D eigenvalue weighted by molar-refractivity contribution is 9.11. The monoisotopic (exact) mass is 385 g/mol. The molecule has 0 aliphatic carbocycles. The number of methoxy groups -OCH3 is 2. The third kappa shape index (κ3) is 4.69. The molecule has 1 heterocycles. The molecular weight excluding hydrogens is 370 g/mol. The molecule has 1 aromatic heterocycles. The molecule has 118 valence electrons. The van der Waals surface area contributed by atoms with E-state index < -0.39 is 0 Å². The number of hydrogen-bond donors (Lipinski definition) is 2. The highest BCUT2D eigenvalue weighted by atomic mass is 79.9. The predicted molar refractivity (Wildman–Crippen MR) is 89.7 cm³/mol. The number of amides is 1. The maximum absolute atomic E-state index is 11.8. The average Bonchev–Trinajstić information content (AvgIpc) is 2.92. The van der Waals surface area contributed by atoms with Crippen molar-refractivity contribution in [3.8, 4) is 11.5 Å². The summed E-state index contributed by atoms with van der Waals surface area (Å²) < 4.78 is 11.3. The molecule has 1 aromatic carbocycles. The van der Waals surface area contributed by atoms with Crippen molar-refractivity contribution in [3.05, 3.63) is 33.7 Å². The van der Waals surface area contributed by atoms with Gasteiger partial charge in [-0.25, -0.2) is 4.98 Å². The van der Waals surface area contributed by atoms with Crippen LogP contribution in [0, 0.1) is 0 Å². The Kier molecular flexibility index (Phi) is 6.17. The Bertz CT molecular complexity index is 648. The topological polar surface area (TPSA) is 72.5 Å². The van der Waals surface area contributed by atoms with Gasteiger partial charge in [0.1, 0.15) is 0 Å². The fourth-order valence-electron chi connectivity index (χ4n) is 1.79. The number of carbonyl (C=O) groups is 1. The van der Waals surface area contributed by atoms with E-state index in [1.807, 2.05) is 18.2 Å². The van der Waals surface area contributed by atoms with E-state index in [0.717, 1.165) is 9.35 Å². The molecule has 0 spiro atoms. The van der Waals surface area contributed by atoms with Crippen molar-refractivity contribution in [3.63, 3.8) is 0 Å². The lowest BCUT2D eigenvalue weighted by molar-refractivity contribution is -0.115. The molecule has 2 aromatic rings. The van der Waals surface area contributed by atoms with Crippen molar-refractivity contribution >= 4 is 38.3 Å². The van der Waals surface area contributed by atoms with Crippen LogP contribution >= 0.6 is 27.3 Å². The van der Waals surface area contributed by atoms with E-state index in [-0.39, 0.29) is 12.5 Å². The second-order valence-electron chi connectivity index (χ2n) is 4.31.